The van der Waals surface area contributed by atoms with Crippen LogP contribution in [0.2, 0.25) is 0 Å². The molecule has 1 atom stereocenters. The monoisotopic (exact) mass is 498 g/mol. The summed E-state index contributed by atoms with van der Waals surface area (Å²) in [6.07, 6.45) is 9.66. The fourth-order valence-corrected chi connectivity index (χ4v) is 6.13. The van der Waals surface area contributed by atoms with Crippen molar-refractivity contribution in [2.24, 2.45) is 0 Å². The molecule has 0 amide bonds. The number of rotatable bonds is 6. The molecule has 35 heavy (non-hydrogen) atoms. The van der Waals surface area contributed by atoms with Crippen molar-refractivity contribution < 1.29 is 9.47 Å². The number of aryl methyl sites for hydroxylation is 1. The van der Waals surface area contributed by atoms with Crippen LogP contribution in [0.3, 0.4) is 0 Å². The lowest BCUT2D eigenvalue weighted by atomic mass is 9.90. The second kappa shape index (κ2) is 10.3. The number of ether oxygens (including phenoxy) is 2. The highest BCUT2D eigenvalue weighted by atomic mass is 32.1. The second-order valence-corrected chi connectivity index (χ2v) is 10.6. The molecule has 2 saturated heterocycles. The number of morpholine rings is 1. The van der Waals surface area contributed by atoms with Gasteiger partial charge in [-0.05, 0) is 69.5 Å². The van der Waals surface area contributed by atoms with Gasteiger partial charge in [-0.3, -0.25) is 4.90 Å². The molecule has 1 unspecified atom stereocenters. The third kappa shape index (κ3) is 5.13. The Morgan fingerprint density at radius 3 is 2.63 bits per heavy atom. The standard InChI is InChI=1S/C24H34N8O2S/c1-16-14-20(35-30-16)27-24-28-22(19-15-25-32(23(19)29-24)21-4-2-3-11-34-21)26-17-5-7-18(8-6-17)31-9-12-33-13-10-31/h14-15,17-18,21H,2-13H2,1H3,(H2,26,27,28,29)/t17-,18-,21?. The number of hydrogen-bond acceptors (Lipinski definition) is 10. The maximum atomic E-state index is 6.03. The summed E-state index contributed by atoms with van der Waals surface area (Å²) >= 11 is 1.42. The third-order valence-electron chi connectivity index (χ3n) is 7.34. The van der Waals surface area contributed by atoms with Gasteiger partial charge in [-0.1, -0.05) is 0 Å². The van der Waals surface area contributed by atoms with Crippen LogP contribution in [0.5, 0.6) is 0 Å². The van der Waals surface area contributed by atoms with Crippen LogP contribution in [0.1, 0.15) is 56.9 Å². The summed E-state index contributed by atoms with van der Waals surface area (Å²) < 4.78 is 17.9. The predicted molar refractivity (Wildman–Crippen MR) is 136 cm³/mol. The van der Waals surface area contributed by atoms with Crippen LogP contribution in [0.25, 0.3) is 11.0 Å². The van der Waals surface area contributed by atoms with Gasteiger partial charge in [0.15, 0.2) is 11.9 Å². The fourth-order valence-electron chi connectivity index (χ4n) is 5.47. The van der Waals surface area contributed by atoms with Gasteiger partial charge in [0.2, 0.25) is 5.95 Å². The lowest BCUT2D eigenvalue weighted by Gasteiger charge is -2.39. The first kappa shape index (κ1) is 23.1. The van der Waals surface area contributed by atoms with E-state index in [2.05, 4.69) is 19.9 Å². The fraction of sp³-hybridized carbons (Fsp3) is 0.667. The molecule has 11 heteroatoms. The molecule has 0 spiro atoms. The lowest BCUT2D eigenvalue weighted by Crippen LogP contribution is -2.46. The Morgan fingerprint density at radius 2 is 1.89 bits per heavy atom. The number of nitrogens with one attached hydrogen (secondary N) is 2. The molecule has 1 aliphatic carbocycles. The first-order valence-electron chi connectivity index (χ1n) is 12.9. The van der Waals surface area contributed by atoms with Gasteiger partial charge in [0, 0.05) is 31.8 Å². The summed E-state index contributed by atoms with van der Waals surface area (Å²) in [5.74, 6) is 1.40. The van der Waals surface area contributed by atoms with Crippen LogP contribution in [0, 0.1) is 6.92 Å². The summed E-state index contributed by atoms with van der Waals surface area (Å²) in [5, 5.41) is 13.7. The first-order valence-corrected chi connectivity index (χ1v) is 13.7. The zero-order valence-electron chi connectivity index (χ0n) is 20.3. The van der Waals surface area contributed by atoms with E-state index < -0.39 is 0 Å². The summed E-state index contributed by atoms with van der Waals surface area (Å²) in [4.78, 5) is 12.4. The normalized spacial score (nSPS) is 26.1. The SMILES string of the molecule is Cc1cc(Nc2nc(N[C@H]3CC[C@H](N4CCOCC4)CC3)c3cnn(C4CCCCO4)c3n2)sn1. The largest absolute Gasteiger partial charge is 0.379 e. The van der Waals surface area contributed by atoms with Gasteiger partial charge in [-0.2, -0.15) is 19.4 Å². The van der Waals surface area contributed by atoms with Crippen LogP contribution in [0.15, 0.2) is 12.3 Å². The average molecular weight is 499 g/mol. The number of anilines is 3. The van der Waals surface area contributed by atoms with E-state index >= 15 is 0 Å². The first-order chi connectivity index (χ1) is 17.2. The molecule has 0 aromatic carbocycles. The topological polar surface area (TPSA) is 102 Å². The average Bonchev–Trinajstić information content (AvgIpc) is 3.51. The quantitative estimate of drug-likeness (QED) is 0.520. The van der Waals surface area contributed by atoms with E-state index in [1.54, 1.807) is 0 Å². The molecule has 3 aromatic rings. The minimum absolute atomic E-state index is 0.0774. The van der Waals surface area contributed by atoms with Gasteiger partial charge in [0.1, 0.15) is 10.8 Å². The van der Waals surface area contributed by atoms with Crippen molar-refractivity contribution in [2.45, 2.75) is 70.2 Å². The minimum atomic E-state index is -0.0774. The summed E-state index contributed by atoms with van der Waals surface area (Å²) in [7, 11) is 0. The lowest BCUT2D eigenvalue weighted by molar-refractivity contribution is -0.0370. The van der Waals surface area contributed by atoms with Crippen molar-refractivity contribution in [3.8, 4) is 0 Å². The molecule has 0 bridgehead atoms. The van der Waals surface area contributed by atoms with Crippen LogP contribution in [-0.4, -0.2) is 74.0 Å². The third-order valence-corrected chi connectivity index (χ3v) is 8.14. The molecule has 188 valence electrons. The molecule has 5 heterocycles. The van der Waals surface area contributed by atoms with E-state index in [1.807, 2.05) is 23.9 Å². The Morgan fingerprint density at radius 1 is 1.03 bits per heavy atom. The van der Waals surface area contributed by atoms with E-state index in [0.29, 0.717) is 18.0 Å². The van der Waals surface area contributed by atoms with Crippen LogP contribution in [0.4, 0.5) is 16.8 Å². The highest BCUT2D eigenvalue weighted by molar-refractivity contribution is 7.10. The molecule has 3 aromatic heterocycles. The van der Waals surface area contributed by atoms with Gasteiger partial charge in [-0.15, -0.1) is 0 Å². The number of aromatic nitrogens is 5. The predicted octanol–water partition coefficient (Wildman–Crippen LogP) is 4.09. The van der Waals surface area contributed by atoms with E-state index in [-0.39, 0.29) is 6.23 Å². The van der Waals surface area contributed by atoms with Gasteiger partial charge in [0.25, 0.3) is 0 Å². The van der Waals surface area contributed by atoms with Gasteiger partial charge in [-0.25, -0.2) is 4.68 Å². The van der Waals surface area contributed by atoms with Crippen molar-refractivity contribution in [3.05, 3.63) is 18.0 Å². The number of fused-ring (bicyclic) bond motifs is 1. The minimum Gasteiger partial charge on any atom is -0.379 e. The smallest absolute Gasteiger partial charge is 0.231 e. The molecule has 1 saturated carbocycles. The Hall–Kier alpha value is -2.34. The molecule has 2 N–H and O–H groups in total. The van der Waals surface area contributed by atoms with E-state index in [4.69, 9.17) is 24.5 Å². The highest BCUT2D eigenvalue weighted by Crippen LogP contribution is 2.32. The summed E-state index contributed by atoms with van der Waals surface area (Å²) in [6, 6.07) is 3.07. The van der Waals surface area contributed by atoms with Crippen molar-refractivity contribution in [1.82, 2.24) is 29.0 Å². The van der Waals surface area contributed by atoms with E-state index in [9.17, 15) is 0 Å². The molecule has 2 aliphatic heterocycles. The van der Waals surface area contributed by atoms with Crippen LogP contribution in [-0.2, 0) is 9.47 Å². The van der Waals surface area contributed by atoms with Crippen molar-refractivity contribution in [2.75, 3.05) is 43.5 Å². The van der Waals surface area contributed by atoms with E-state index in [0.717, 1.165) is 92.6 Å². The molecular formula is C24H34N8O2S. The second-order valence-electron chi connectivity index (χ2n) is 9.80. The summed E-state index contributed by atoms with van der Waals surface area (Å²) in [5.41, 5.74) is 1.79. The van der Waals surface area contributed by atoms with Crippen molar-refractivity contribution in [1.29, 1.82) is 0 Å². The Kier molecular flexibility index (Phi) is 6.82. The Bertz CT molecular complexity index is 1130. The molecular weight excluding hydrogens is 464 g/mol. The Labute approximate surface area is 209 Å². The molecule has 6 rings (SSSR count). The van der Waals surface area contributed by atoms with Crippen molar-refractivity contribution in [3.63, 3.8) is 0 Å². The number of hydrogen-bond donors (Lipinski definition) is 2. The maximum absolute atomic E-state index is 6.03. The number of nitrogens with zero attached hydrogens (tertiary/aromatic N) is 6. The van der Waals surface area contributed by atoms with Gasteiger partial charge < -0.3 is 20.1 Å². The van der Waals surface area contributed by atoms with E-state index in [1.165, 1.54) is 24.4 Å². The van der Waals surface area contributed by atoms with Crippen LogP contribution < -0.4 is 10.6 Å². The van der Waals surface area contributed by atoms with Crippen molar-refractivity contribution >= 4 is 39.3 Å². The van der Waals surface area contributed by atoms with Gasteiger partial charge >= 0.3 is 0 Å². The maximum Gasteiger partial charge on any atom is 0.231 e. The molecule has 0 radical (unpaired) electrons. The zero-order chi connectivity index (χ0) is 23.6. The molecule has 10 nitrogen and oxygen atoms in total. The zero-order valence-corrected chi connectivity index (χ0v) is 21.1. The van der Waals surface area contributed by atoms with Gasteiger partial charge in [0.05, 0.1) is 30.5 Å². The summed E-state index contributed by atoms with van der Waals surface area (Å²) in [6.45, 7) is 6.59. The Balaban J connectivity index is 1.24. The molecule has 3 fully saturated rings. The van der Waals surface area contributed by atoms with Crippen LogP contribution >= 0.6 is 11.5 Å². The highest BCUT2D eigenvalue weighted by Gasteiger charge is 2.28. The molecule has 3 aliphatic rings.